The van der Waals surface area contributed by atoms with Crippen LogP contribution >= 0.6 is 11.3 Å². The maximum absolute atomic E-state index is 2.30. The molecule has 0 fully saturated rings. The molecule has 2 heteroatoms. The quantitative estimate of drug-likeness (QED) is 0.644. The van der Waals surface area contributed by atoms with Gasteiger partial charge in [-0.05, 0) is 18.4 Å². The molecule has 1 aromatic rings. The molecule has 0 spiro atoms. The van der Waals surface area contributed by atoms with Gasteiger partial charge in [0.25, 0.3) is 0 Å². The Morgan fingerprint density at radius 2 is 2.56 bits per heavy atom. The topological polar surface area (TPSA) is 16.6 Å². The summed E-state index contributed by atoms with van der Waals surface area (Å²) in [6.07, 6.45) is 0. The average Bonchev–Trinajstić information content (AvgIpc) is 2.34. The summed E-state index contributed by atoms with van der Waals surface area (Å²) >= 11 is 1.83. The maximum Gasteiger partial charge on any atom is 0.111 e. The van der Waals surface area contributed by atoms with Gasteiger partial charge < -0.3 is 5.32 Å². The lowest BCUT2D eigenvalue weighted by atomic mass is 10.4. The summed E-state index contributed by atoms with van der Waals surface area (Å²) < 4.78 is 0. The van der Waals surface area contributed by atoms with Gasteiger partial charge in [0, 0.05) is 0 Å². The lowest BCUT2D eigenvalue weighted by molar-refractivity contribution is -0.667. The molecule has 0 saturated carbocycles. The van der Waals surface area contributed by atoms with Crippen molar-refractivity contribution in [2.45, 2.75) is 13.5 Å². The Morgan fingerprint density at radius 1 is 1.67 bits per heavy atom. The number of nitrogens with two attached hydrogens (primary N) is 1. The Balaban J connectivity index is 2.30. The van der Waals surface area contributed by atoms with Crippen LogP contribution < -0.4 is 5.32 Å². The normalized spacial score (nSPS) is 9.89. The number of quaternary nitrogens is 1. The lowest BCUT2D eigenvalue weighted by Gasteiger charge is -1.91. The molecular weight excluding hydrogens is 130 g/mol. The van der Waals surface area contributed by atoms with Gasteiger partial charge in [-0.15, -0.1) is 11.3 Å². The molecule has 0 unspecified atom stereocenters. The second-order valence-corrected chi connectivity index (χ2v) is 3.01. The summed E-state index contributed by atoms with van der Waals surface area (Å²) in [7, 11) is 0. The van der Waals surface area contributed by atoms with Gasteiger partial charge in [0.1, 0.15) is 6.54 Å². The second kappa shape index (κ2) is 3.64. The van der Waals surface area contributed by atoms with Crippen molar-refractivity contribution in [1.29, 1.82) is 0 Å². The van der Waals surface area contributed by atoms with E-state index >= 15 is 0 Å². The molecule has 1 aromatic heterocycles. The van der Waals surface area contributed by atoms with Crippen molar-refractivity contribution in [1.82, 2.24) is 0 Å². The molecule has 0 atom stereocenters. The number of hydrogen-bond donors (Lipinski definition) is 1. The summed E-state index contributed by atoms with van der Waals surface area (Å²) in [5, 5.41) is 4.42. The van der Waals surface area contributed by atoms with E-state index in [1.807, 2.05) is 11.3 Å². The number of thiophene rings is 1. The van der Waals surface area contributed by atoms with Crippen LogP contribution in [0.2, 0.25) is 0 Å². The molecule has 9 heavy (non-hydrogen) atoms. The van der Waals surface area contributed by atoms with Crippen molar-refractivity contribution in [3.8, 4) is 0 Å². The highest BCUT2D eigenvalue weighted by atomic mass is 32.1. The fourth-order valence-electron chi connectivity index (χ4n) is 0.715. The first-order chi connectivity index (χ1) is 4.43. The highest BCUT2D eigenvalue weighted by Crippen LogP contribution is 2.05. The van der Waals surface area contributed by atoms with Gasteiger partial charge >= 0.3 is 0 Å². The summed E-state index contributed by atoms with van der Waals surface area (Å²) in [6.45, 7) is 4.50. The van der Waals surface area contributed by atoms with Crippen LogP contribution in [0.5, 0.6) is 0 Å². The Bertz CT molecular complexity index is 146. The molecule has 0 aromatic carbocycles. The minimum atomic E-state index is 1.15. The summed E-state index contributed by atoms with van der Waals surface area (Å²) in [5.41, 5.74) is 0. The Kier molecular flexibility index (Phi) is 2.74. The largest absolute Gasteiger partial charge is 0.342 e. The van der Waals surface area contributed by atoms with Crippen molar-refractivity contribution in [3.63, 3.8) is 0 Å². The summed E-state index contributed by atoms with van der Waals surface area (Å²) in [6, 6.07) is 4.28. The van der Waals surface area contributed by atoms with Crippen LogP contribution in [-0.2, 0) is 6.54 Å². The van der Waals surface area contributed by atoms with Crippen LogP contribution in [0.25, 0.3) is 0 Å². The van der Waals surface area contributed by atoms with Crippen LogP contribution in [0.4, 0.5) is 0 Å². The van der Waals surface area contributed by atoms with Crippen LogP contribution in [-0.4, -0.2) is 6.54 Å². The second-order valence-electron chi connectivity index (χ2n) is 1.98. The van der Waals surface area contributed by atoms with E-state index in [2.05, 4.69) is 29.8 Å². The minimum absolute atomic E-state index is 1.15. The molecule has 2 N–H and O–H groups in total. The van der Waals surface area contributed by atoms with E-state index in [9.17, 15) is 0 Å². The van der Waals surface area contributed by atoms with Gasteiger partial charge in [-0.3, -0.25) is 0 Å². The molecule has 0 aliphatic rings. The zero-order chi connectivity index (χ0) is 6.53. The first kappa shape index (κ1) is 6.78. The fraction of sp³-hybridized carbons (Fsp3) is 0.429. The van der Waals surface area contributed by atoms with Gasteiger partial charge in [0.2, 0.25) is 0 Å². The van der Waals surface area contributed by atoms with Gasteiger partial charge in [0.05, 0.1) is 11.4 Å². The van der Waals surface area contributed by atoms with E-state index < -0.39 is 0 Å². The van der Waals surface area contributed by atoms with Gasteiger partial charge in [-0.25, -0.2) is 0 Å². The monoisotopic (exact) mass is 142 g/mol. The van der Waals surface area contributed by atoms with E-state index in [-0.39, 0.29) is 0 Å². The van der Waals surface area contributed by atoms with Crippen molar-refractivity contribution in [2.24, 2.45) is 0 Å². The Morgan fingerprint density at radius 3 is 3.11 bits per heavy atom. The van der Waals surface area contributed by atoms with Crippen LogP contribution in [0.1, 0.15) is 11.8 Å². The van der Waals surface area contributed by atoms with Gasteiger partial charge in [-0.2, -0.15) is 0 Å². The summed E-state index contributed by atoms with van der Waals surface area (Å²) in [5.74, 6) is 0. The molecule has 0 aliphatic heterocycles. The molecule has 0 saturated heterocycles. The van der Waals surface area contributed by atoms with E-state index in [1.165, 1.54) is 11.4 Å². The molecule has 0 bridgehead atoms. The predicted octanol–water partition coefficient (Wildman–Crippen LogP) is 0.831. The highest BCUT2D eigenvalue weighted by Gasteiger charge is 1.91. The third-order valence-electron chi connectivity index (χ3n) is 1.21. The van der Waals surface area contributed by atoms with Crippen LogP contribution in [0, 0.1) is 0 Å². The van der Waals surface area contributed by atoms with E-state index in [0.717, 1.165) is 6.54 Å². The van der Waals surface area contributed by atoms with Crippen molar-refractivity contribution >= 4 is 11.3 Å². The zero-order valence-corrected chi connectivity index (χ0v) is 6.45. The molecule has 0 amide bonds. The predicted molar refractivity (Wildman–Crippen MR) is 40.5 cm³/mol. The average molecular weight is 142 g/mol. The van der Waals surface area contributed by atoms with Gasteiger partial charge in [-0.1, -0.05) is 6.07 Å². The first-order valence-electron chi connectivity index (χ1n) is 3.27. The lowest BCUT2D eigenvalue weighted by Crippen LogP contribution is -2.81. The maximum atomic E-state index is 2.30. The van der Waals surface area contributed by atoms with E-state index in [4.69, 9.17) is 0 Å². The molecular formula is C7H12NS+. The Labute approximate surface area is 59.7 Å². The highest BCUT2D eigenvalue weighted by molar-refractivity contribution is 7.09. The smallest absolute Gasteiger partial charge is 0.111 e. The van der Waals surface area contributed by atoms with Gasteiger partial charge in [0.15, 0.2) is 0 Å². The zero-order valence-electron chi connectivity index (χ0n) is 5.63. The molecule has 0 aliphatic carbocycles. The molecule has 0 radical (unpaired) electrons. The molecule has 1 nitrogen and oxygen atoms in total. The number of rotatable bonds is 3. The summed E-state index contributed by atoms with van der Waals surface area (Å²) in [4.78, 5) is 1.47. The van der Waals surface area contributed by atoms with Crippen molar-refractivity contribution in [3.05, 3.63) is 22.4 Å². The fourth-order valence-corrected chi connectivity index (χ4v) is 1.42. The van der Waals surface area contributed by atoms with E-state index in [0.29, 0.717) is 0 Å². The SMILES string of the molecule is CC[NH2+]Cc1cccs1. The standard InChI is InChI=1S/C7H11NS/c1-2-8-6-7-4-3-5-9-7/h3-5,8H,2,6H2,1H3/p+1. The molecule has 1 heterocycles. The Hall–Kier alpha value is -0.340. The first-order valence-corrected chi connectivity index (χ1v) is 4.15. The van der Waals surface area contributed by atoms with Crippen LogP contribution in [0.15, 0.2) is 17.5 Å². The molecule has 50 valence electrons. The third kappa shape index (κ3) is 2.16. The van der Waals surface area contributed by atoms with Crippen molar-refractivity contribution in [2.75, 3.05) is 6.54 Å². The van der Waals surface area contributed by atoms with E-state index in [1.54, 1.807) is 0 Å². The minimum Gasteiger partial charge on any atom is -0.342 e. The third-order valence-corrected chi connectivity index (χ3v) is 2.11. The number of hydrogen-bond acceptors (Lipinski definition) is 1. The van der Waals surface area contributed by atoms with Crippen LogP contribution in [0.3, 0.4) is 0 Å². The van der Waals surface area contributed by atoms with Crippen molar-refractivity contribution < 1.29 is 5.32 Å². The molecule has 1 rings (SSSR count).